The lowest BCUT2D eigenvalue weighted by molar-refractivity contribution is 0.0893. The number of H-pyrrole nitrogens is 1. The monoisotopic (exact) mass is 396 g/mol. The number of fused-ring (bicyclic) bond motifs is 2. The van der Waals surface area contributed by atoms with Crippen molar-refractivity contribution in [2.45, 2.75) is 32.5 Å². The largest absolute Gasteiger partial charge is 0.346 e. The molecule has 1 amide bonds. The van der Waals surface area contributed by atoms with Crippen LogP contribution in [0.5, 0.6) is 0 Å². The lowest BCUT2D eigenvalue weighted by Gasteiger charge is -2.48. The van der Waals surface area contributed by atoms with Gasteiger partial charge in [0.1, 0.15) is 11.3 Å². The van der Waals surface area contributed by atoms with Gasteiger partial charge in [-0.15, -0.1) is 0 Å². The molecular weight excluding hydrogens is 372 g/mol. The zero-order valence-electron chi connectivity index (χ0n) is 17.3. The molecule has 1 aliphatic heterocycles. The molecule has 0 bridgehead atoms. The van der Waals surface area contributed by atoms with Crippen LogP contribution < -0.4 is 10.2 Å². The third-order valence-electron chi connectivity index (χ3n) is 5.95. The number of nitrogens with one attached hydrogen (secondary N) is 2. The van der Waals surface area contributed by atoms with Gasteiger partial charge in [-0.2, -0.15) is 0 Å². The van der Waals surface area contributed by atoms with Crippen LogP contribution in [0.15, 0.2) is 73.1 Å². The zero-order chi connectivity index (χ0) is 20.9. The number of nitrogens with zero attached hydrogens (tertiary/aromatic N) is 2. The number of aromatic nitrogens is 2. The summed E-state index contributed by atoms with van der Waals surface area (Å²) in [5.41, 5.74) is 5.31. The second-order valence-corrected chi connectivity index (χ2v) is 8.30. The van der Waals surface area contributed by atoms with Crippen molar-refractivity contribution in [3.63, 3.8) is 0 Å². The Morgan fingerprint density at radius 2 is 1.80 bits per heavy atom. The maximum Gasteiger partial charge on any atom is 0.255 e. The van der Waals surface area contributed by atoms with Crippen LogP contribution in [-0.4, -0.2) is 21.5 Å². The molecule has 3 heterocycles. The van der Waals surface area contributed by atoms with Gasteiger partial charge in [-0.3, -0.25) is 4.79 Å². The van der Waals surface area contributed by atoms with Crippen molar-refractivity contribution in [3.05, 3.63) is 84.2 Å². The molecule has 0 saturated carbocycles. The van der Waals surface area contributed by atoms with Crippen molar-refractivity contribution in [1.29, 1.82) is 0 Å². The lowest BCUT2D eigenvalue weighted by atomic mass is 9.93. The Bertz CT molecular complexity index is 1240. The van der Waals surface area contributed by atoms with Crippen molar-refractivity contribution in [3.8, 4) is 11.1 Å². The van der Waals surface area contributed by atoms with Gasteiger partial charge in [0.15, 0.2) is 0 Å². The SMILES string of the molecule is C[C@H](c1ccccc1)N1c2cc(-c3c[nH]c4ncccc34)ccc2C(=O)NC1(C)C. The average Bonchev–Trinajstić information content (AvgIpc) is 3.17. The Kier molecular flexibility index (Phi) is 4.13. The molecule has 0 fully saturated rings. The number of amides is 1. The minimum atomic E-state index is -0.528. The first-order chi connectivity index (χ1) is 14.5. The Morgan fingerprint density at radius 1 is 1.00 bits per heavy atom. The molecule has 2 N–H and O–H groups in total. The average molecular weight is 396 g/mol. The van der Waals surface area contributed by atoms with Gasteiger partial charge >= 0.3 is 0 Å². The fraction of sp³-hybridized carbons (Fsp3) is 0.200. The van der Waals surface area contributed by atoms with Gasteiger partial charge < -0.3 is 15.2 Å². The predicted octanol–water partition coefficient (Wildman–Crippen LogP) is 5.28. The van der Waals surface area contributed by atoms with Crippen molar-refractivity contribution >= 4 is 22.6 Å². The van der Waals surface area contributed by atoms with E-state index in [1.54, 1.807) is 6.20 Å². The van der Waals surface area contributed by atoms with Gasteiger partial charge in [0.2, 0.25) is 0 Å². The van der Waals surface area contributed by atoms with Crippen LogP contribution in [0.2, 0.25) is 0 Å². The van der Waals surface area contributed by atoms with Gasteiger partial charge in [0.25, 0.3) is 5.91 Å². The molecule has 0 radical (unpaired) electrons. The fourth-order valence-electron chi connectivity index (χ4n) is 4.57. The molecule has 30 heavy (non-hydrogen) atoms. The first-order valence-electron chi connectivity index (χ1n) is 10.2. The van der Waals surface area contributed by atoms with Crippen molar-refractivity contribution in [2.75, 3.05) is 4.90 Å². The van der Waals surface area contributed by atoms with Gasteiger partial charge in [-0.25, -0.2) is 4.98 Å². The summed E-state index contributed by atoms with van der Waals surface area (Å²) in [5.74, 6) is -0.0429. The van der Waals surface area contributed by atoms with Crippen LogP contribution in [0, 0.1) is 0 Å². The fourth-order valence-corrected chi connectivity index (χ4v) is 4.57. The summed E-state index contributed by atoms with van der Waals surface area (Å²) in [6, 6.07) is 20.6. The number of rotatable bonds is 3. The van der Waals surface area contributed by atoms with Crippen LogP contribution in [0.4, 0.5) is 5.69 Å². The summed E-state index contributed by atoms with van der Waals surface area (Å²) in [5, 5.41) is 4.24. The van der Waals surface area contributed by atoms with Gasteiger partial charge in [-0.05, 0) is 56.2 Å². The topological polar surface area (TPSA) is 61.0 Å². The minimum Gasteiger partial charge on any atom is -0.346 e. The molecule has 0 saturated heterocycles. The van der Waals surface area contributed by atoms with E-state index in [4.69, 9.17) is 0 Å². The predicted molar refractivity (Wildman–Crippen MR) is 120 cm³/mol. The number of aromatic amines is 1. The molecule has 1 atom stereocenters. The highest BCUT2D eigenvalue weighted by Gasteiger charge is 2.39. The van der Waals surface area contributed by atoms with Gasteiger partial charge in [0, 0.05) is 23.3 Å². The van der Waals surface area contributed by atoms with E-state index < -0.39 is 5.66 Å². The number of pyridine rings is 1. The number of benzene rings is 2. The van der Waals surface area contributed by atoms with Crippen LogP contribution in [0.25, 0.3) is 22.2 Å². The van der Waals surface area contributed by atoms with Crippen molar-refractivity contribution < 1.29 is 4.79 Å². The second-order valence-electron chi connectivity index (χ2n) is 8.30. The highest BCUT2D eigenvalue weighted by Crippen LogP contribution is 2.41. The summed E-state index contributed by atoms with van der Waals surface area (Å²) < 4.78 is 0. The van der Waals surface area contributed by atoms with Gasteiger partial charge in [-0.1, -0.05) is 36.4 Å². The number of carbonyl (C=O) groups is 1. The van der Waals surface area contributed by atoms with Crippen LogP contribution in [0.3, 0.4) is 0 Å². The Hall–Kier alpha value is -3.60. The number of hydrogen-bond donors (Lipinski definition) is 2. The normalized spacial score (nSPS) is 16.2. The standard InChI is InChI=1S/C25H24N4O/c1-16(17-8-5-4-6-9-17)29-22-14-18(11-12-20(22)24(30)28-25(29,2)3)21-15-27-23-19(21)10-7-13-26-23/h4-16H,1-3H3,(H,26,27)(H,28,30)/t16-/m1/s1. The van der Waals surface area contributed by atoms with E-state index in [1.807, 2.05) is 30.5 Å². The molecule has 5 nitrogen and oxygen atoms in total. The van der Waals surface area contributed by atoms with E-state index in [-0.39, 0.29) is 11.9 Å². The maximum atomic E-state index is 12.9. The summed E-state index contributed by atoms with van der Waals surface area (Å²) in [7, 11) is 0. The summed E-state index contributed by atoms with van der Waals surface area (Å²) in [6.07, 6.45) is 3.77. The van der Waals surface area contributed by atoms with E-state index in [1.165, 1.54) is 5.56 Å². The maximum absolute atomic E-state index is 12.9. The molecule has 2 aromatic heterocycles. The third kappa shape index (κ3) is 2.86. The number of carbonyl (C=O) groups excluding carboxylic acids is 1. The minimum absolute atomic E-state index is 0.0429. The van der Waals surface area contributed by atoms with E-state index in [0.29, 0.717) is 5.56 Å². The molecule has 5 rings (SSSR count). The summed E-state index contributed by atoms with van der Waals surface area (Å²) >= 11 is 0. The lowest BCUT2D eigenvalue weighted by Crippen LogP contribution is -2.61. The van der Waals surface area contributed by atoms with Crippen molar-refractivity contribution in [1.82, 2.24) is 15.3 Å². The second kappa shape index (κ2) is 6.73. The molecule has 2 aromatic carbocycles. The van der Waals surface area contributed by atoms with Crippen LogP contribution in [0.1, 0.15) is 42.7 Å². The summed E-state index contributed by atoms with van der Waals surface area (Å²) in [6.45, 7) is 6.28. The zero-order valence-corrected chi connectivity index (χ0v) is 17.3. The number of anilines is 1. The third-order valence-corrected chi connectivity index (χ3v) is 5.95. The first kappa shape index (κ1) is 18.4. The summed E-state index contributed by atoms with van der Waals surface area (Å²) in [4.78, 5) is 22.8. The van der Waals surface area contributed by atoms with Crippen molar-refractivity contribution in [2.24, 2.45) is 0 Å². The molecule has 0 unspecified atom stereocenters. The van der Waals surface area contributed by atoms with Gasteiger partial charge in [0.05, 0.1) is 17.3 Å². The molecule has 150 valence electrons. The molecule has 4 aromatic rings. The first-order valence-corrected chi connectivity index (χ1v) is 10.2. The molecule has 0 spiro atoms. The molecule has 1 aliphatic rings. The molecular formula is C25H24N4O. The smallest absolute Gasteiger partial charge is 0.255 e. The van der Waals surface area contributed by atoms with E-state index in [0.717, 1.165) is 27.8 Å². The van der Waals surface area contributed by atoms with E-state index in [2.05, 4.69) is 77.4 Å². The van der Waals surface area contributed by atoms with E-state index in [9.17, 15) is 4.79 Å². The molecule has 0 aliphatic carbocycles. The highest BCUT2D eigenvalue weighted by atomic mass is 16.2. The Balaban J connectivity index is 1.68. The van der Waals surface area contributed by atoms with Crippen LogP contribution in [-0.2, 0) is 0 Å². The highest BCUT2D eigenvalue weighted by molar-refractivity contribution is 6.04. The van der Waals surface area contributed by atoms with Crippen LogP contribution >= 0.6 is 0 Å². The quantitative estimate of drug-likeness (QED) is 0.495. The number of hydrogen-bond acceptors (Lipinski definition) is 3. The Morgan fingerprint density at radius 3 is 2.60 bits per heavy atom. The molecule has 5 heteroatoms. The van der Waals surface area contributed by atoms with E-state index >= 15 is 0 Å². The Labute approximate surface area is 175 Å².